The van der Waals surface area contributed by atoms with Gasteiger partial charge < -0.3 is 8.85 Å². The summed E-state index contributed by atoms with van der Waals surface area (Å²) in [5, 5.41) is 0. The molecule has 0 aromatic rings. The zero-order valence-corrected chi connectivity index (χ0v) is 9.50. The molecule has 0 bridgehead atoms. The molecule has 0 aromatic carbocycles. The first-order valence-electron chi connectivity index (χ1n) is 4.52. The number of unbranched alkanes of at least 4 members (excludes halogenated alkanes) is 1. The van der Waals surface area contributed by atoms with Crippen LogP contribution in [0.4, 0.5) is 0 Å². The van der Waals surface area contributed by atoms with Crippen molar-refractivity contribution < 1.29 is 13.6 Å². The van der Waals surface area contributed by atoms with Crippen molar-refractivity contribution in [2.45, 2.75) is 33.1 Å². The van der Waals surface area contributed by atoms with Crippen molar-refractivity contribution in [3.63, 3.8) is 0 Å². The first-order valence-corrected chi connectivity index (χ1v) is 5.79. The lowest BCUT2D eigenvalue weighted by atomic mass is 10.2. The predicted molar refractivity (Wildman–Crippen MR) is 51.3 cm³/mol. The third-order valence-electron chi connectivity index (χ3n) is 1.40. The van der Waals surface area contributed by atoms with E-state index >= 15 is 0 Å². The van der Waals surface area contributed by atoms with Crippen molar-refractivity contribution in [3.8, 4) is 0 Å². The van der Waals surface area contributed by atoms with E-state index in [1.54, 1.807) is 0 Å². The molecule has 0 aromatic heterocycles. The lowest BCUT2D eigenvalue weighted by Gasteiger charge is -2.01. The van der Waals surface area contributed by atoms with Gasteiger partial charge in [0.15, 0.2) is 0 Å². The first-order chi connectivity index (χ1) is 6.24. The fraction of sp³-hybridized carbons (Fsp3) is 0.875. The minimum atomic E-state index is -1.69. The Hall–Kier alpha value is -0.713. The molecule has 13 heavy (non-hydrogen) atoms. The molecule has 0 atom stereocenters. The summed E-state index contributed by atoms with van der Waals surface area (Å²) >= 11 is 0. The van der Waals surface area contributed by atoms with Crippen molar-refractivity contribution in [3.05, 3.63) is 0 Å². The van der Waals surface area contributed by atoms with E-state index in [0.717, 1.165) is 12.8 Å². The van der Waals surface area contributed by atoms with Crippen LogP contribution in [0.1, 0.15) is 33.1 Å². The average Bonchev–Trinajstić information content (AvgIpc) is 2.14. The second-order valence-electron chi connectivity index (χ2n) is 2.51. The minimum absolute atomic E-state index is 0.106. The van der Waals surface area contributed by atoms with Crippen LogP contribution in [0.5, 0.6) is 0 Å². The number of carbonyl (C=O) groups excluding carboxylic acids is 1. The molecule has 0 aliphatic rings. The van der Waals surface area contributed by atoms with E-state index in [9.17, 15) is 4.79 Å². The molecule has 0 rings (SSSR count). The maximum absolute atomic E-state index is 11.1. The Bertz CT molecular complexity index is 182. The van der Waals surface area contributed by atoms with Gasteiger partial charge in [-0.15, -0.1) is 0 Å². The van der Waals surface area contributed by atoms with Crippen LogP contribution in [0, 0.1) is 0 Å². The van der Waals surface area contributed by atoms with Gasteiger partial charge in [0.05, 0.1) is 13.7 Å². The summed E-state index contributed by atoms with van der Waals surface area (Å²) in [4.78, 5) is 11.1. The van der Waals surface area contributed by atoms with Gasteiger partial charge in [-0.3, -0.25) is 4.79 Å². The van der Waals surface area contributed by atoms with Crippen molar-refractivity contribution in [2.75, 3.05) is 13.7 Å². The van der Waals surface area contributed by atoms with E-state index in [-0.39, 0.29) is 5.91 Å². The zero-order chi connectivity index (χ0) is 10.1. The van der Waals surface area contributed by atoms with Crippen LogP contribution >= 0.6 is 0 Å². The molecular formula is C8H17NO3Si. The fourth-order valence-electron chi connectivity index (χ4n) is 0.746. The Morgan fingerprint density at radius 1 is 1.46 bits per heavy atom. The van der Waals surface area contributed by atoms with Gasteiger partial charge in [0.1, 0.15) is 0 Å². The molecule has 76 valence electrons. The summed E-state index contributed by atoms with van der Waals surface area (Å²) in [5.74, 6) is -0.106. The molecule has 0 heterocycles. The van der Waals surface area contributed by atoms with Crippen molar-refractivity contribution in [1.29, 1.82) is 0 Å². The molecule has 0 N–H and O–H groups in total. The van der Waals surface area contributed by atoms with Gasteiger partial charge in [-0.1, -0.05) is 13.3 Å². The van der Waals surface area contributed by atoms with E-state index in [4.69, 9.17) is 8.85 Å². The van der Waals surface area contributed by atoms with Crippen LogP contribution in [0.2, 0.25) is 0 Å². The van der Waals surface area contributed by atoms with Crippen LogP contribution in [0.3, 0.4) is 0 Å². The number of nitrogens with zero attached hydrogens (tertiary/aromatic N) is 1. The van der Waals surface area contributed by atoms with E-state index in [1.165, 1.54) is 7.11 Å². The third-order valence-corrected chi connectivity index (χ3v) is 2.72. The summed E-state index contributed by atoms with van der Waals surface area (Å²) in [6, 6.07) is 0. The summed E-state index contributed by atoms with van der Waals surface area (Å²) in [6.45, 7) is 4.43. The third kappa shape index (κ3) is 6.45. The molecule has 0 spiro atoms. The quantitative estimate of drug-likeness (QED) is 0.617. The van der Waals surface area contributed by atoms with Gasteiger partial charge in [-0.05, 0) is 13.3 Å². The SMILES string of the molecule is CCCCC(=O)N=[Si](OC)OCC. The molecule has 0 aliphatic heterocycles. The van der Waals surface area contributed by atoms with E-state index < -0.39 is 9.08 Å². The van der Waals surface area contributed by atoms with Gasteiger partial charge >= 0.3 is 9.08 Å². The molecule has 0 radical (unpaired) electrons. The normalized spacial score (nSPS) is 11.2. The Morgan fingerprint density at radius 3 is 2.62 bits per heavy atom. The summed E-state index contributed by atoms with van der Waals surface area (Å²) in [6.07, 6.45) is 2.39. The molecule has 0 fully saturated rings. The lowest BCUT2D eigenvalue weighted by Crippen LogP contribution is -2.13. The molecule has 0 unspecified atom stereocenters. The fourth-order valence-corrected chi connectivity index (χ4v) is 1.58. The molecule has 0 aliphatic carbocycles. The predicted octanol–water partition coefficient (Wildman–Crippen LogP) is 1.64. The number of carbonyl (C=O) groups is 1. The van der Waals surface area contributed by atoms with Crippen LogP contribution < -0.4 is 0 Å². The number of amides is 1. The van der Waals surface area contributed by atoms with E-state index in [2.05, 4.69) is 4.63 Å². The van der Waals surface area contributed by atoms with Crippen molar-refractivity contribution >= 4 is 15.0 Å². The second-order valence-corrected chi connectivity index (χ2v) is 3.96. The summed E-state index contributed by atoms with van der Waals surface area (Å²) in [5.41, 5.74) is 0. The summed E-state index contributed by atoms with van der Waals surface area (Å²) in [7, 11) is -0.174. The number of hydrogen-bond donors (Lipinski definition) is 0. The van der Waals surface area contributed by atoms with Gasteiger partial charge in [-0.25, -0.2) is 0 Å². The molecule has 4 nitrogen and oxygen atoms in total. The lowest BCUT2D eigenvalue weighted by molar-refractivity contribution is -0.118. The topological polar surface area (TPSA) is 47.9 Å². The van der Waals surface area contributed by atoms with Crippen LogP contribution in [0.15, 0.2) is 4.63 Å². The molecular weight excluding hydrogens is 186 g/mol. The Balaban J connectivity index is 3.92. The molecule has 0 saturated heterocycles. The smallest absolute Gasteiger partial charge is 0.513 e. The highest BCUT2D eigenvalue weighted by atomic mass is 28.3. The highest BCUT2D eigenvalue weighted by Crippen LogP contribution is 1.96. The summed E-state index contributed by atoms with van der Waals surface area (Å²) < 4.78 is 13.9. The Kier molecular flexibility index (Phi) is 7.48. The molecule has 5 heteroatoms. The van der Waals surface area contributed by atoms with Gasteiger partial charge in [0.2, 0.25) is 5.91 Å². The first kappa shape index (κ1) is 12.3. The standard InChI is InChI=1S/C8H17NO3Si/c1-4-6-7-8(10)9-13(11-3)12-5-2/h4-7H2,1-3H3. The van der Waals surface area contributed by atoms with E-state index in [0.29, 0.717) is 13.0 Å². The van der Waals surface area contributed by atoms with Crippen LogP contribution in [-0.4, -0.2) is 28.7 Å². The number of rotatable bonds is 6. The highest BCUT2D eigenvalue weighted by molar-refractivity contribution is 6.33. The van der Waals surface area contributed by atoms with Gasteiger partial charge in [0, 0.05) is 6.42 Å². The maximum atomic E-state index is 11.1. The Labute approximate surface area is 80.8 Å². The molecule has 1 amide bonds. The monoisotopic (exact) mass is 203 g/mol. The number of hydrogen-bond acceptors (Lipinski definition) is 3. The largest absolute Gasteiger partial charge is 0.621 e. The highest BCUT2D eigenvalue weighted by Gasteiger charge is 2.07. The molecule has 0 saturated carbocycles. The van der Waals surface area contributed by atoms with E-state index in [1.807, 2.05) is 13.8 Å². The van der Waals surface area contributed by atoms with Gasteiger partial charge in [-0.2, -0.15) is 4.63 Å². The van der Waals surface area contributed by atoms with Crippen LogP contribution in [0.25, 0.3) is 0 Å². The van der Waals surface area contributed by atoms with Crippen molar-refractivity contribution in [1.82, 2.24) is 0 Å². The van der Waals surface area contributed by atoms with Crippen LogP contribution in [-0.2, 0) is 13.6 Å². The Morgan fingerprint density at radius 2 is 2.15 bits per heavy atom. The zero-order valence-electron chi connectivity index (χ0n) is 8.50. The minimum Gasteiger partial charge on any atom is -0.513 e. The maximum Gasteiger partial charge on any atom is 0.621 e. The average molecular weight is 203 g/mol. The van der Waals surface area contributed by atoms with Gasteiger partial charge in [0.25, 0.3) is 0 Å². The second kappa shape index (κ2) is 7.91. The van der Waals surface area contributed by atoms with Crippen molar-refractivity contribution in [2.24, 2.45) is 4.63 Å².